The van der Waals surface area contributed by atoms with Crippen LogP contribution in [-0.4, -0.2) is 28.8 Å². The summed E-state index contributed by atoms with van der Waals surface area (Å²) in [5.74, 6) is 0. The maximum Gasteiger partial charge on any atom is 0.205 e. The molecule has 2 rings (SSSR count). The molecule has 1 aromatic heterocycles. The van der Waals surface area contributed by atoms with Gasteiger partial charge in [-0.1, -0.05) is 11.3 Å². The fraction of sp³-hybridized carbons (Fsp3) is 0.778. The van der Waals surface area contributed by atoms with Crippen LogP contribution in [0.1, 0.15) is 24.8 Å². The summed E-state index contributed by atoms with van der Waals surface area (Å²) >= 11 is 1.62. The minimum absolute atomic E-state index is 0.496. The molecule has 78 valence electrons. The van der Waals surface area contributed by atoms with Crippen molar-refractivity contribution in [3.05, 3.63) is 5.01 Å². The predicted octanol–water partition coefficient (Wildman–Crippen LogP) is 1.40. The van der Waals surface area contributed by atoms with Gasteiger partial charge in [-0.05, 0) is 33.2 Å². The van der Waals surface area contributed by atoms with Gasteiger partial charge >= 0.3 is 0 Å². The number of aromatic nitrogens is 2. The summed E-state index contributed by atoms with van der Waals surface area (Å²) in [6, 6.07) is 1.02. The number of rotatable bonds is 2. The topological polar surface area (TPSA) is 49.8 Å². The van der Waals surface area contributed by atoms with E-state index in [1.807, 2.05) is 6.92 Å². The molecule has 2 heterocycles. The zero-order valence-corrected chi connectivity index (χ0v) is 9.40. The highest BCUT2D eigenvalue weighted by Gasteiger charge is 2.21. The van der Waals surface area contributed by atoms with Gasteiger partial charge in [0, 0.05) is 12.1 Å². The van der Waals surface area contributed by atoms with E-state index in [-0.39, 0.29) is 0 Å². The van der Waals surface area contributed by atoms with Crippen molar-refractivity contribution in [2.45, 2.75) is 38.8 Å². The van der Waals surface area contributed by atoms with Crippen molar-refractivity contribution in [1.29, 1.82) is 0 Å². The van der Waals surface area contributed by atoms with Gasteiger partial charge in [0.05, 0.1) is 0 Å². The van der Waals surface area contributed by atoms with Crippen LogP contribution < -0.4 is 10.6 Å². The predicted molar refractivity (Wildman–Crippen MR) is 58.8 cm³/mol. The molecule has 2 unspecified atom stereocenters. The largest absolute Gasteiger partial charge is 0.356 e. The average molecular weight is 212 g/mol. The third kappa shape index (κ3) is 2.22. The Kier molecular flexibility index (Phi) is 2.98. The maximum atomic E-state index is 4.07. The Morgan fingerprint density at radius 2 is 2.36 bits per heavy atom. The first-order valence-electron chi connectivity index (χ1n) is 5.06. The maximum absolute atomic E-state index is 4.07. The van der Waals surface area contributed by atoms with Gasteiger partial charge in [-0.3, -0.25) is 0 Å². The van der Waals surface area contributed by atoms with Crippen LogP contribution in [0.2, 0.25) is 0 Å². The molecule has 0 aromatic carbocycles. The molecule has 0 bridgehead atoms. The SMILES string of the molecule is Cc1nnc(NC2CCCNC2C)s1. The van der Waals surface area contributed by atoms with Gasteiger partial charge < -0.3 is 10.6 Å². The summed E-state index contributed by atoms with van der Waals surface area (Å²) in [4.78, 5) is 0. The van der Waals surface area contributed by atoms with Gasteiger partial charge in [-0.15, -0.1) is 10.2 Å². The van der Waals surface area contributed by atoms with Gasteiger partial charge in [-0.25, -0.2) is 0 Å². The lowest BCUT2D eigenvalue weighted by molar-refractivity contribution is 0.389. The smallest absolute Gasteiger partial charge is 0.205 e. The summed E-state index contributed by atoms with van der Waals surface area (Å²) in [5.41, 5.74) is 0. The van der Waals surface area contributed by atoms with E-state index in [0.717, 1.165) is 16.7 Å². The van der Waals surface area contributed by atoms with E-state index in [2.05, 4.69) is 27.8 Å². The van der Waals surface area contributed by atoms with Crippen LogP contribution in [0.25, 0.3) is 0 Å². The van der Waals surface area contributed by atoms with Crippen LogP contribution in [0, 0.1) is 6.92 Å². The highest BCUT2D eigenvalue weighted by molar-refractivity contribution is 7.15. The molecule has 2 atom stereocenters. The Labute approximate surface area is 88.1 Å². The van der Waals surface area contributed by atoms with Crippen molar-refractivity contribution >= 4 is 16.5 Å². The second kappa shape index (κ2) is 4.23. The fourth-order valence-electron chi connectivity index (χ4n) is 1.75. The number of anilines is 1. The Morgan fingerprint density at radius 1 is 1.50 bits per heavy atom. The van der Waals surface area contributed by atoms with Crippen LogP contribution >= 0.6 is 11.3 Å². The Bertz CT molecular complexity index is 299. The van der Waals surface area contributed by atoms with Crippen molar-refractivity contribution in [1.82, 2.24) is 15.5 Å². The van der Waals surface area contributed by atoms with E-state index >= 15 is 0 Å². The monoisotopic (exact) mass is 212 g/mol. The molecule has 14 heavy (non-hydrogen) atoms. The molecule has 4 nitrogen and oxygen atoms in total. The number of aryl methyl sites for hydroxylation is 1. The van der Waals surface area contributed by atoms with E-state index in [9.17, 15) is 0 Å². The summed E-state index contributed by atoms with van der Waals surface area (Å²) < 4.78 is 0. The number of hydrogen-bond donors (Lipinski definition) is 2. The number of piperidine rings is 1. The van der Waals surface area contributed by atoms with E-state index in [1.165, 1.54) is 12.8 Å². The molecule has 1 aliphatic rings. The van der Waals surface area contributed by atoms with Gasteiger partial charge in [0.1, 0.15) is 5.01 Å². The number of hydrogen-bond acceptors (Lipinski definition) is 5. The van der Waals surface area contributed by atoms with Crippen molar-refractivity contribution < 1.29 is 0 Å². The van der Waals surface area contributed by atoms with Gasteiger partial charge in [0.15, 0.2) is 0 Å². The van der Waals surface area contributed by atoms with E-state index in [4.69, 9.17) is 0 Å². The molecular weight excluding hydrogens is 196 g/mol. The van der Waals surface area contributed by atoms with Crippen LogP contribution in [0.3, 0.4) is 0 Å². The highest BCUT2D eigenvalue weighted by atomic mass is 32.1. The molecule has 0 spiro atoms. The van der Waals surface area contributed by atoms with Crippen molar-refractivity contribution in [2.24, 2.45) is 0 Å². The molecule has 1 aliphatic heterocycles. The minimum Gasteiger partial charge on any atom is -0.356 e. The third-order valence-electron chi connectivity index (χ3n) is 2.60. The van der Waals surface area contributed by atoms with Crippen LogP contribution in [-0.2, 0) is 0 Å². The van der Waals surface area contributed by atoms with Crippen LogP contribution in [0.4, 0.5) is 5.13 Å². The highest BCUT2D eigenvalue weighted by Crippen LogP contribution is 2.19. The zero-order valence-electron chi connectivity index (χ0n) is 8.58. The lowest BCUT2D eigenvalue weighted by atomic mass is 10.0. The van der Waals surface area contributed by atoms with E-state index in [0.29, 0.717) is 12.1 Å². The molecule has 0 aliphatic carbocycles. The molecule has 5 heteroatoms. The zero-order chi connectivity index (χ0) is 9.97. The average Bonchev–Trinajstić information content (AvgIpc) is 2.56. The Hall–Kier alpha value is -0.680. The number of nitrogens with zero attached hydrogens (tertiary/aromatic N) is 2. The minimum atomic E-state index is 0.496. The second-order valence-electron chi connectivity index (χ2n) is 3.76. The van der Waals surface area contributed by atoms with E-state index < -0.39 is 0 Å². The lowest BCUT2D eigenvalue weighted by Crippen LogP contribution is -2.46. The van der Waals surface area contributed by atoms with Gasteiger partial charge in [0.2, 0.25) is 5.13 Å². The quantitative estimate of drug-likeness (QED) is 0.778. The van der Waals surface area contributed by atoms with Crippen molar-refractivity contribution in [3.63, 3.8) is 0 Å². The Morgan fingerprint density at radius 3 is 3.00 bits per heavy atom. The summed E-state index contributed by atoms with van der Waals surface area (Å²) in [5, 5.41) is 16.9. The molecule has 2 N–H and O–H groups in total. The summed E-state index contributed by atoms with van der Waals surface area (Å²) in [6.45, 7) is 5.32. The normalized spacial score (nSPS) is 27.6. The Balaban J connectivity index is 1.95. The molecule has 1 aromatic rings. The third-order valence-corrected chi connectivity index (χ3v) is 3.37. The molecular formula is C9H16N4S. The number of nitrogens with one attached hydrogen (secondary N) is 2. The molecule has 0 amide bonds. The first kappa shape index (κ1) is 9.86. The second-order valence-corrected chi connectivity index (χ2v) is 4.94. The molecule has 1 fully saturated rings. The van der Waals surface area contributed by atoms with Gasteiger partial charge in [0.25, 0.3) is 0 Å². The van der Waals surface area contributed by atoms with E-state index in [1.54, 1.807) is 11.3 Å². The first-order valence-corrected chi connectivity index (χ1v) is 5.87. The molecule has 0 radical (unpaired) electrons. The molecule has 0 saturated carbocycles. The standard InChI is InChI=1S/C9H16N4S/c1-6-8(4-3-5-10-6)11-9-13-12-7(2)14-9/h6,8,10H,3-5H2,1-2H3,(H,11,13). The van der Waals surface area contributed by atoms with Crippen LogP contribution in [0.15, 0.2) is 0 Å². The fourth-order valence-corrected chi connectivity index (χ4v) is 2.41. The summed E-state index contributed by atoms with van der Waals surface area (Å²) in [7, 11) is 0. The van der Waals surface area contributed by atoms with Crippen molar-refractivity contribution in [2.75, 3.05) is 11.9 Å². The van der Waals surface area contributed by atoms with Crippen molar-refractivity contribution in [3.8, 4) is 0 Å². The lowest BCUT2D eigenvalue weighted by Gasteiger charge is -2.30. The first-order chi connectivity index (χ1) is 6.75. The summed E-state index contributed by atoms with van der Waals surface area (Å²) in [6.07, 6.45) is 2.45. The molecule has 1 saturated heterocycles. The van der Waals surface area contributed by atoms with Gasteiger partial charge in [-0.2, -0.15) is 0 Å². The van der Waals surface area contributed by atoms with Crippen LogP contribution in [0.5, 0.6) is 0 Å².